The van der Waals surface area contributed by atoms with Gasteiger partial charge in [0.05, 0.1) is 12.9 Å². The number of hydrogen-bond acceptors (Lipinski definition) is 5. The van der Waals surface area contributed by atoms with Crippen molar-refractivity contribution in [3.05, 3.63) is 17.9 Å². The molecule has 98 valence electrons. The van der Waals surface area contributed by atoms with Crippen molar-refractivity contribution in [1.82, 2.24) is 0 Å². The van der Waals surface area contributed by atoms with Gasteiger partial charge in [-0.25, -0.2) is 4.79 Å². The van der Waals surface area contributed by atoms with E-state index in [1.807, 2.05) is 0 Å². The highest BCUT2D eigenvalue weighted by atomic mass is 16.7. The average Bonchev–Trinajstić information content (AvgIpc) is 2.29. The van der Waals surface area contributed by atoms with E-state index in [-0.39, 0.29) is 6.10 Å². The molecule has 0 saturated carbocycles. The van der Waals surface area contributed by atoms with Gasteiger partial charge in [0.2, 0.25) is 0 Å². The van der Waals surface area contributed by atoms with Gasteiger partial charge in [0.15, 0.2) is 18.0 Å². The van der Waals surface area contributed by atoms with Crippen LogP contribution in [0.25, 0.3) is 5.53 Å². The molecule has 3 atom stereocenters. The topological polar surface area (TPSA) is 90.4 Å². The standard InChI is InChI=1S/C11H14N2O5/c1-11(2)16-6-8-10(18-11)7(3-4-15-8)17-9(14)5-13-12/h3-5,7-8,10H,6H2,1-2H3/t7-,8-,10+/m1/s1. The Hall–Kier alpha value is -1.69. The summed E-state index contributed by atoms with van der Waals surface area (Å²) in [5.74, 6) is -1.51. The molecule has 7 nitrogen and oxygen atoms in total. The van der Waals surface area contributed by atoms with Crippen molar-refractivity contribution in [2.45, 2.75) is 37.9 Å². The van der Waals surface area contributed by atoms with E-state index in [1.165, 1.54) is 6.26 Å². The highest BCUT2D eigenvalue weighted by Gasteiger charge is 2.44. The van der Waals surface area contributed by atoms with Gasteiger partial charge in [-0.1, -0.05) is 0 Å². The van der Waals surface area contributed by atoms with Crippen molar-refractivity contribution in [2.24, 2.45) is 0 Å². The predicted molar refractivity (Wildman–Crippen MR) is 58.5 cm³/mol. The van der Waals surface area contributed by atoms with Crippen molar-refractivity contribution in [3.63, 3.8) is 0 Å². The van der Waals surface area contributed by atoms with Crippen LogP contribution in [0.4, 0.5) is 0 Å². The number of nitrogens with zero attached hydrogens (tertiary/aromatic N) is 2. The van der Waals surface area contributed by atoms with E-state index in [9.17, 15) is 4.79 Å². The second-order valence-electron chi connectivity index (χ2n) is 4.44. The molecule has 2 aliphatic rings. The molecule has 2 rings (SSSR count). The Labute approximate surface area is 104 Å². The Balaban J connectivity index is 2.09. The third-order valence-corrected chi connectivity index (χ3v) is 2.64. The number of ether oxygens (including phenoxy) is 4. The quantitative estimate of drug-likeness (QED) is 0.305. The van der Waals surface area contributed by atoms with E-state index in [0.717, 1.165) is 0 Å². The van der Waals surface area contributed by atoms with Gasteiger partial charge < -0.3 is 24.5 Å². The third kappa shape index (κ3) is 2.76. The summed E-state index contributed by atoms with van der Waals surface area (Å²) in [6.07, 6.45) is 2.33. The van der Waals surface area contributed by atoms with Crippen molar-refractivity contribution in [1.29, 1.82) is 0 Å². The van der Waals surface area contributed by atoms with E-state index in [2.05, 4.69) is 4.79 Å². The first-order valence-corrected chi connectivity index (χ1v) is 5.54. The van der Waals surface area contributed by atoms with Crippen LogP contribution in [0.2, 0.25) is 0 Å². The highest BCUT2D eigenvalue weighted by Crippen LogP contribution is 2.29. The minimum absolute atomic E-state index is 0.327. The molecule has 2 heterocycles. The molecule has 0 amide bonds. The third-order valence-electron chi connectivity index (χ3n) is 2.64. The smallest absolute Gasteiger partial charge is 0.414 e. The van der Waals surface area contributed by atoms with Crippen molar-refractivity contribution >= 4 is 12.2 Å². The maximum Gasteiger partial charge on any atom is 0.414 e. The van der Waals surface area contributed by atoms with Crippen LogP contribution in [-0.2, 0) is 23.7 Å². The van der Waals surface area contributed by atoms with Gasteiger partial charge in [-0.05, 0) is 19.9 Å². The maximum absolute atomic E-state index is 11.3. The van der Waals surface area contributed by atoms with Gasteiger partial charge in [0, 0.05) is 0 Å². The van der Waals surface area contributed by atoms with E-state index in [0.29, 0.717) is 12.8 Å². The molecule has 0 spiro atoms. The molecule has 0 N–H and O–H groups in total. The van der Waals surface area contributed by atoms with Crippen LogP contribution in [-0.4, -0.2) is 47.7 Å². The molecule has 0 aromatic rings. The Morgan fingerprint density at radius 2 is 2.39 bits per heavy atom. The fraction of sp³-hybridized carbons (Fsp3) is 0.636. The normalized spacial score (nSPS) is 32.7. The number of carbonyl (C=O) groups excluding carboxylic acids is 1. The molecule has 0 aromatic heterocycles. The fourth-order valence-electron chi connectivity index (χ4n) is 1.86. The number of fused-ring (bicyclic) bond motifs is 1. The maximum atomic E-state index is 11.3. The first-order valence-electron chi connectivity index (χ1n) is 5.54. The van der Waals surface area contributed by atoms with Gasteiger partial charge in [-0.2, -0.15) is 4.79 Å². The van der Waals surface area contributed by atoms with Gasteiger partial charge >= 0.3 is 12.2 Å². The predicted octanol–water partition coefficient (Wildman–Crippen LogP) is 0.263. The first kappa shape index (κ1) is 12.8. The van der Waals surface area contributed by atoms with Crippen molar-refractivity contribution in [2.75, 3.05) is 6.61 Å². The molecule has 1 fully saturated rings. The molecule has 18 heavy (non-hydrogen) atoms. The number of hydrogen-bond donors (Lipinski definition) is 0. The first-order chi connectivity index (χ1) is 8.52. The zero-order valence-electron chi connectivity index (χ0n) is 10.1. The van der Waals surface area contributed by atoms with Gasteiger partial charge in [-0.15, -0.1) is 0 Å². The van der Waals surface area contributed by atoms with Gasteiger partial charge in [-0.3, -0.25) is 0 Å². The zero-order chi connectivity index (χ0) is 13.2. The van der Waals surface area contributed by atoms with Crippen LogP contribution in [0.15, 0.2) is 12.3 Å². The van der Waals surface area contributed by atoms with Crippen LogP contribution < -0.4 is 0 Å². The monoisotopic (exact) mass is 254 g/mol. The van der Waals surface area contributed by atoms with E-state index >= 15 is 0 Å². The van der Waals surface area contributed by atoms with E-state index < -0.39 is 24.0 Å². The summed E-state index contributed by atoms with van der Waals surface area (Å²) in [6.45, 7) is 3.90. The number of rotatable bonds is 2. The van der Waals surface area contributed by atoms with Crippen molar-refractivity contribution < 1.29 is 28.5 Å². The summed E-state index contributed by atoms with van der Waals surface area (Å²) in [7, 11) is 0. The molecule has 1 saturated heterocycles. The van der Waals surface area contributed by atoms with Crippen LogP contribution in [0.5, 0.6) is 0 Å². The Kier molecular flexibility index (Phi) is 3.47. The van der Waals surface area contributed by atoms with Crippen LogP contribution >= 0.6 is 0 Å². The lowest BCUT2D eigenvalue weighted by Gasteiger charge is -2.43. The lowest BCUT2D eigenvalue weighted by molar-refractivity contribution is -0.319. The molecule has 0 aliphatic carbocycles. The summed E-state index contributed by atoms with van der Waals surface area (Å²) in [5, 5.41) is 0. The zero-order valence-corrected chi connectivity index (χ0v) is 10.1. The fourth-order valence-corrected chi connectivity index (χ4v) is 1.86. The summed E-state index contributed by atoms with van der Waals surface area (Å²) in [6, 6.07) is 0. The van der Waals surface area contributed by atoms with Gasteiger partial charge in [0.25, 0.3) is 0 Å². The SMILES string of the molecule is CC1(C)OC[C@H]2OC=C[C@@H](OC(=O)C=[N+]=[N-])[C@@H]2O1. The minimum atomic E-state index is -0.758. The Bertz CT molecular complexity index is 414. The molecule has 0 bridgehead atoms. The summed E-state index contributed by atoms with van der Waals surface area (Å²) >= 11 is 0. The van der Waals surface area contributed by atoms with Crippen LogP contribution in [0, 0.1) is 0 Å². The summed E-state index contributed by atoms with van der Waals surface area (Å²) in [5.41, 5.74) is 8.26. The van der Waals surface area contributed by atoms with E-state index in [4.69, 9.17) is 24.5 Å². The number of esters is 1. The second kappa shape index (κ2) is 4.89. The molecule has 0 unspecified atom stereocenters. The average molecular weight is 254 g/mol. The lowest BCUT2D eigenvalue weighted by atomic mass is 10.0. The molecule has 2 aliphatic heterocycles. The minimum Gasteiger partial charge on any atom is -0.493 e. The second-order valence-corrected chi connectivity index (χ2v) is 4.44. The molecule has 7 heteroatoms. The highest BCUT2D eigenvalue weighted by molar-refractivity contribution is 6.20. The van der Waals surface area contributed by atoms with Gasteiger partial charge in [0.1, 0.15) is 6.10 Å². The van der Waals surface area contributed by atoms with Crippen molar-refractivity contribution in [3.8, 4) is 0 Å². The molecule has 0 radical (unpaired) electrons. The molecular formula is C11H14N2O5. The summed E-state index contributed by atoms with van der Waals surface area (Å²) < 4.78 is 21.6. The largest absolute Gasteiger partial charge is 0.493 e. The summed E-state index contributed by atoms with van der Waals surface area (Å²) in [4.78, 5) is 13.9. The van der Waals surface area contributed by atoms with Crippen LogP contribution in [0.1, 0.15) is 13.8 Å². The number of carbonyl (C=O) groups is 1. The molecule has 0 aromatic carbocycles. The Morgan fingerprint density at radius 3 is 3.11 bits per heavy atom. The Morgan fingerprint density at radius 1 is 1.61 bits per heavy atom. The molecular weight excluding hydrogens is 240 g/mol. The van der Waals surface area contributed by atoms with E-state index in [1.54, 1.807) is 19.9 Å². The van der Waals surface area contributed by atoms with Crippen LogP contribution in [0.3, 0.4) is 0 Å². The lowest BCUT2D eigenvalue weighted by Crippen LogP contribution is -2.55.